The average molecular weight is 381 g/mol. The Morgan fingerprint density at radius 1 is 1.20 bits per heavy atom. The Bertz CT molecular complexity index is 847. The number of aromatic nitrogens is 2. The maximum Gasteiger partial charge on any atom is 0.262 e. The molecule has 0 unspecified atom stereocenters. The lowest BCUT2D eigenvalue weighted by atomic mass is 10.00. The van der Waals surface area contributed by atoms with Gasteiger partial charge < -0.3 is 4.90 Å². The number of nitrogens with one attached hydrogen (secondary N) is 1. The predicted molar refractivity (Wildman–Crippen MR) is 99.6 cm³/mol. The van der Waals surface area contributed by atoms with Crippen LogP contribution in [0.4, 0.5) is 11.6 Å². The van der Waals surface area contributed by atoms with Crippen LogP contribution in [0.3, 0.4) is 0 Å². The maximum absolute atomic E-state index is 12.6. The van der Waals surface area contributed by atoms with Gasteiger partial charge in [0.05, 0.1) is 23.0 Å². The molecular weight excluding hydrogens is 360 g/mol. The van der Waals surface area contributed by atoms with Crippen LogP contribution in [-0.2, 0) is 10.0 Å². The zero-order valence-electron chi connectivity index (χ0n) is 14.2. The molecule has 3 rings (SSSR count). The third kappa shape index (κ3) is 4.22. The number of hydrogen-bond acceptors (Lipinski definition) is 5. The fourth-order valence-corrected chi connectivity index (χ4v) is 4.36. The van der Waals surface area contributed by atoms with Crippen molar-refractivity contribution in [3.05, 3.63) is 41.2 Å². The van der Waals surface area contributed by atoms with Crippen molar-refractivity contribution in [1.29, 1.82) is 0 Å². The molecule has 2 aromatic rings. The number of halogens is 1. The first kappa shape index (κ1) is 17.9. The van der Waals surface area contributed by atoms with Gasteiger partial charge in [0, 0.05) is 18.1 Å². The van der Waals surface area contributed by atoms with Gasteiger partial charge in [-0.1, -0.05) is 24.6 Å². The second-order valence-corrected chi connectivity index (χ2v) is 8.54. The van der Waals surface area contributed by atoms with E-state index in [9.17, 15) is 8.42 Å². The highest BCUT2D eigenvalue weighted by molar-refractivity contribution is 7.92. The highest BCUT2D eigenvalue weighted by Gasteiger charge is 2.20. The Hall–Kier alpha value is -1.86. The first-order valence-corrected chi connectivity index (χ1v) is 10.1. The molecule has 1 aliphatic rings. The van der Waals surface area contributed by atoms with Gasteiger partial charge in [0.2, 0.25) is 5.95 Å². The van der Waals surface area contributed by atoms with E-state index in [2.05, 4.69) is 26.5 Å². The van der Waals surface area contributed by atoms with Crippen LogP contribution in [0.5, 0.6) is 0 Å². The molecule has 0 saturated carbocycles. The van der Waals surface area contributed by atoms with Crippen LogP contribution < -0.4 is 9.62 Å². The van der Waals surface area contributed by atoms with Gasteiger partial charge in [-0.3, -0.25) is 4.72 Å². The molecule has 1 aromatic carbocycles. The predicted octanol–water partition coefficient (Wildman–Crippen LogP) is 3.48. The lowest BCUT2D eigenvalue weighted by Crippen LogP contribution is -2.34. The van der Waals surface area contributed by atoms with E-state index in [0.29, 0.717) is 22.2 Å². The molecule has 25 heavy (non-hydrogen) atoms. The standard InChI is InChI=1S/C17H21ClN4O2S/c1-12-5-7-22(8-6-12)17-19-10-15(11-20-17)21-25(23,24)16-9-14(18)4-3-13(16)2/h3-4,9-12,21H,5-8H2,1-2H3. The Kier molecular flexibility index (Phi) is 5.15. The van der Waals surface area contributed by atoms with Crippen LogP contribution in [0.15, 0.2) is 35.5 Å². The van der Waals surface area contributed by atoms with E-state index in [-0.39, 0.29) is 4.90 Å². The van der Waals surface area contributed by atoms with Crippen molar-refractivity contribution in [2.75, 3.05) is 22.7 Å². The summed E-state index contributed by atoms with van der Waals surface area (Å²) in [7, 11) is -3.74. The number of hydrogen-bond donors (Lipinski definition) is 1. The molecule has 0 amide bonds. The number of sulfonamides is 1. The van der Waals surface area contributed by atoms with Crippen molar-refractivity contribution in [2.24, 2.45) is 5.92 Å². The van der Waals surface area contributed by atoms with Crippen molar-refractivity contribution >= 4 is 33.3 Å². The number of aryl methyl sites for hydroxylation is 1. The van der Waals surface area contributed by atoms with E-state index >= 15 is 0 Å². The summed E-state index contributed by atoms with van der Waals surface area (Å²) in [6.45, 7) is 5.82. The molecule has 0 atom stereocenters. The van der Waals surface area contributed by atoms with Crippen LogP contribution >= 0.6 is 11.6 Å². The van der Waals surface area contributed by atoms with Gasteiger partial charge >= 0.3 is 0 Å². The van der Waals surface area contributed by atoms with Crippen LogP contribution in [-0.4, -0.2) is 31.5 Å². The Morgan fingerprint density at radius 3 is 2.48 bits per heavy atom. The smallest absolute Gasteiger partial charge is 0.262 e. The van der Waals surface area contributed by atoms with Crippen LogP contribution in [0.1, 0.15) is 25.3 Å². The molecule has 134 valence electrons. The minimum Gasteiger partial charge on any atom is -0.341 e. The molecule has 1 N–H and O–H groups in total. The third-order valence-corrected chi connectivity index (χ3v) is 6.15. The van der Waals surface area contributed by atoms with Crippen LogP contribution in [0.2, 0.25) is 5.02 Å². The highest BCUT2D eigenvalue weighted by atomic mass is 35.5. The summed E-state index contributed by atoms with van der Waals surface area (Å²) >= 11 is 5.92. The lowest BCUT2D eigenvalue weighted by molar-refractivity contribution is 0.434. The maximum atomic E-state index is 12.6. The fourth-order valence-electron chi connectivity index (χ4n) is 2.82. The molecule has 6 nitrogen and oxygen atoms in total. The first-order chi connectivity index (χ1) is 11.8. The second kappa shape index (κ2) is 7.17. The number of rotatable bonds is 4. The van der Waals surface area contributed by atoms with Crippen molar-refractivity contribution in [3.63, 3.8) is 0 Å². The van der Waals surface area contributed by atoms with Crippen LogP contribution in [0.25, 0.3) is 0 Å². The highest BCUT2D eigenvalue weighted by Crippen LogP contribution is 2.24. The molecule has 0 aliphatic carbocycles. The zero-order valence-corrected chi connectivity index (χ0v) is 15.8. The van der Waals surface area contributed by atoms with Crippen molar-refractivity contribution in [1.82, 2.24) is 9.97 Å². The molecule has 1 aromatic heterocycles. The third-order valence-electron chi connectivity index (χ3n) is 4.40. The van der Waals surface area contributed by atoms with E-state index in [1.165, 1.54) is 18.5 Å². The fraction of sp³-hybridized carbons (Fsp3) is 0.412. The Balaban J connectivity index is 1.75. The van der Waals surface area contributed by atoms with Crippen molar-refractivity contribution in [2.45, 2.75) is 31.6 Å². The topological polar surface area (TPSA) is 75.2 Å². The van der Waals surface area contributed by atoms with E-state index in [4.69, 9.17) is 11.6 Å². The molecular formula is C17H21ClN4O2S. The number of benzene rings is 1. The Labute approximate surface area is 153 Å². The van der Waals surface area contributed by atoms with Gasteiger partial charge in [0.25, 0.3) is 10.0 Å². The van der Waals surface area contributed by atoms with E-state index in [1.807, 2.05) is 0 Å². The van der Waals surface area contributed by atoms with Gasteiger partial charge in [0.15, 0.2) is 0 Å². The molecule has 1 saturated heterocycles. The zero-order chi connectivity index (χ0) is 18.0. The molecule has 1 aliphatic heterocycles. The van der Waals surface area contributed by atoms with E-state index in [0.717, 1.165) is 31.8 Å². The molecule has 1 fully saturated rings. The van der Waals surface area contributed by atoms with Gasteiger partial charge in [-0.05, 0) is 43.4 Å². The van der Waals surface area contributed by atoms with Crippen LogP contribution in [0, 0.1) is 12.8 Å². The molecule has 0 spiro atoms. The van der Waals surface area contributed by atoms with Crippen molar-refractivity contribution in [3.8, 4) is 0 Å². The summed E-state index contributed by atoms with van der Waals surface area (Å²) in [5, 5.41) is 0.372. The molecule has 0 radical (unpaired) electrons. The summed E-state index contributed by atoms with van der Waals surface area (Å²) in [5.41, 5.74) is 0.949. The number of piperidine rings is 1. The Morgan fingerprint density at radius 2 is 1.84 bits per heavy atom. The summed E-state index contributed by atoms with van der Waals surface area (Å²) in [6.07, 6.45) is 5.23. The molecule has 2 heterocycles. The van der Waals surface area contributed by atoms with E-state index in [1.54, 1.807) is 19.1 Å². The normalized spacial score (nSPS) is 16.0. The lowest BCUT2D eigenvalue weighted by Gasteiger charge is -2.30. The van der Waals surface area contributed by atoms with Gasteiger partial charge in [0.1, 0.15) is 0 Å². The second-order valence-electron chi connectivity index (χ2n) is 6.46. The quantitative estimate of drug-likeness (QED) is 0.878. The SMILES string of the molecule is Cc1ccc(Cl)cc1S(=O)(=O)Nc1cnc(N2CCC(C)CC2)nc1. The monoisotopic (exact) mass is 380 g/mol. The molecule has 8 heteroatoms. The van der Waals surface area contributed by atoms with Gasteiger partial charge in [-0.2, -0.15) is 0 Å². The summed E-state index contributed by atoms with van der Waals surface area (Å²) < 4.78 is 27.6. The minimum atomic E-state index is -3.74. The largest absolute Gasteiger partial charge is 0.341 e. The van der Waals surface area contributed by atoms with E-state index < -0.39 is 10.0 Å². The minimum absolute atomic E-state index is 0.147. The summed E-state index contributed by atoms with van der Waals surface area (Å²) in [4.78, 5) is 10.9. The van der Waals surface area contributed by atoms with Gasteiger partial charge in [-0.25, -0.2) is 18.4 Å². The number of nitrogens with zero attached hydrogens (tertiary/aromatic N) is 3. The van der Waals surface area contributed by atoms with Crippen molar-refractivity contribution < 1.29 is 8.42 Å². The van der Waals surface area contributed by atoms with Gasteiger partial charge in [-0.15, -0.1) is 0 Å². The summed E-state index contributed by atoms with van der Waals surface area (Å²) in [5.74, 6) is 1.36. The average Bonchev–Trinajstić information content (AvgIpc) is 2.58. The first-order valence-electron chi connectivity index (χ1n) is 8.21. The number of anilines is 2. The summed E-state index contributed by atoms with van der Waals surface area (Å²) in [6, 6.07) is 4.77. The molecule has 0 bridgehead atoms.